The molecule has 2 aromatic carbocycles. The number of ether oxygens (including phenoxy) is 3. The highest BCUT2D eigenvalue weighted by molar-refractivity contribution is 5.50. The van der Waals surface area contributed by atoms with E-state index in [-0.39, 0.29) is 30.3 Å². The highest BCUT2D eigenvalue weighted by Crippen LogP contribution is 2.31. The molecule has 0 aliphatic rings. The summed E-state index contributed by atoms with van der Waals surface area (Å²) in [4.78, 5) is 20.6. The number of nitro benzene ring substituents is 2. The maximum absolute atomic E-state index is 11.0. The smallest absolute Gasteiger partial charge is 0.314 e. The number of benzene rings is 2. The fraction of sp³-hybridized carbons (Fsp3) is 0.200. The van der Waals surface area contributed by atoms with E-state index < -0.39 is 9.85 Å². The first kappa shape index (κ1) is 17.0. The van der Waals surface area contributed by atoms with Gasteiger partial charge in [-0.25, -0.2) is 0 Å². The lowest BCUT2D eigenvalue weighted by Gasteiger charge is -2.09. The van der Waals surface area contributed by atoms with Crippen LogP contribution in [0, 0.1) is 20.2 Å². The molecule has 0 aliphatic heterocycles. The van der Waals surface area contributed by atoms with Crippen LogP contribution in [-0.4, -0.2) is 30.2 Å². The molecule has 0 aromatic heterocycles. The van der Waals surface area contributed by atoms with Crippen molar-refractivity contribution in [3.8, 4) is 17.2 Å². The molecule has 9 heteroatoms. The lowest BCUT2D eigenvalue weighted by molar-refractivity contribution is -0.386. The fourth-order valence-electron chi connectivity index (χ4n) is 1.89. The topological polar surface area (TPSA) is 114 Å². The number of non-ortho nitro benzene ring substituents is 1. The first-order valence-electron chi connectivity index (χ1n) is 6.83. The molecule has 24 heavy (non-hydrogen) atoms. The molecule has 2 rings (SSSR count). The summed E-state index contributed by atoms with van der Waals surface area (Å²) in [5, 5.41) is 21.7. The van der Waals surface area contributed by atoms with Gasteiger partial charge in [-0.05, 0) is 18.2 Å². The van der Waals surface area contributed by atoms with Gasteiger partial charge < -0.3 is 14.2 Å². The maximum atomic E-state index is 11.0. The first-order valence-corrected chi connectivity index (χ1v) is 6.83. The molecule has 0 saturated carbocycles. The molecule has 0 amide bonds. The van der Waals surface area contributed by atoms with E-state index in [9.17, 15) is 20.2 Å². The molecule has 0 saturated heterocycles. The van der Waals surface area contributed by atoms with Gasteiger partial charge in [-0.15, -0.1) is 0 Å². The minimum absolute atomic E-state index is 0.0376. The van der Waals surface area contributed by atoms with Crippen molar-refractivity contribution in [3.63, 3.8) is 0 Å². The number of hydrogen-bond acceptors (Lipinski definition) is 7. The summed E-state index contributed by atoms with van der Waals surface area (Å²) in [6, 6.07) is 9.95. The Morgan fingerprint density at radius 1 is 0.917 bits per heavy atom. The summed E-state index contributed by atoms with van der Waals surface area (Å²) < 4.78 is 15.6. The van der Waals surface area contributed by atoms with Crippen molar-refractivity contribution in [3.05, 3.63) is 62.7 Å². The summed E-state index contributed by atoms with van der Waals surface area (Å²) in [7, 11) is 1.41. The molecule has 0 unspecified atom stereocenters. The predicted octanol–water partition coefficient (Wildman–Crippen LogP) is 2.97. The molecule has 0 fully saturated rings. The Morgan fingerprint density at radius 2 is 1.67 bits per heavy atom. The molecule has 0 bridgehead atoms. The third-order valence-corrected chi connectivity index (χ3v) is 3.00. The molecule has 126 valence electrons. The van der Waals surface area contributed by atoms with Crippen LogP contribution in [0.5, 0.6) is 17.2 Å². The van der Waals surface area contributed by atoms with Gasteiger partial charge in [0.25, 0.3) is 5.69 Å². The Morgan fingerprint density at radius 3 is 2.33 bits per heavy atom. The van der Waals surface area contributed by atoms with Gasteiger partial charge in [0, 0.05) is 6.07 Å². The summed E-state index contributed by atoms with van der Waals surface area (Å²) in [5.41, 5.74) is -0.302. The zero-order valence-electron chi connectivity index (χ0n) is 12.7. The van der Waals surface area contributed by atoms with Crippen LogP contribution in [0.3, 0.4) is 0 Å². The fourth-order valence-corrected chi connectivity index (χ4v) is 1.89. The van der Waals surface area contributed by atoms with Gasteiger partial charge in [-0.1, -0.05) is 6.07 Å². The molecule has 0 atom stereocenters. The Kier molecular flexibility index (Phi) is 5.50. The standard InChI is InChI=1S/C15H14N2O7/c1-22-12-5-6-15(14(10-12)17(20)21)24-8-7-23-13-4-2-3-11(9-13)16(18)19/h2-6,9-10H,7-8H2,1H3. The average Bonchev–Trinajstić information content (AvgIpc) is 2.58. The van der Waals surface area contributed by atoms with Gasteiger partial charge in [0.05, 0.1) is 29.1 Å². The van der Waals surface area contributed by atoms with E-state index in [1.165, 1.54) is 37.4 Å². The Labute approximate surface area is 136 Å². The van der Waals surface area contributed by atoms with Gasteiger partial charge in [0.2, 0.25) is 0 Å². The molecule has 0 spiro atoms. The lowest BCUT2D eigenvalue weighted by Crippen LogP contribution is -2.10. The molecule has 0 heterocycles. The van der Waals surface area contributed by atoms with E-state index in [1.807, 2.05) is 0 Å². The minimum Gasteiger partial charge on any atom is -0.496 e. The van der Waals surface area contributed by atoms with E-state index in [2.05, 4.69) is 0 Å². The SMILES string of the molecule is COc1ccc(OCCOc2cccc([N+](=O)[O-])c2)c([N+](=O)[O-])c1. The largest absolute Gasteiger partial charge is 0.496 e. The summed E-state index contributed by atoms with van der Waals surface area (Å²) in [5.74, 6) is 0.752. The molecular formula is C15H14N2O7. The quantitative estimate of drug-likeness (QED) is 0.414. The van der Waals surface area contributed by atoms with Gasteiger partial charge in [0.1, 0.15) is 24.7 Å². The van der Waals surface area contributed by atoms with Crippen molar-refractivity contribution in [1.82, 2.24) is 0 Å². The average molecular weight is 334 g/mol. The second-order valence-electron chi connectivity index (χ2n) is 4.54. The van der Waals surface area contributed by atoms with E-state index in [0.29, 0.717) is 11.5 Å². The summed E-state index contributed by atoms with van der Waals surface area (Å²) in [6.07, 6.45) is 0. The van der Waals surface area contributed by atoms with E-state index in [4.69, 9.17) is 14.2 Å². The minimum atomic E-state index is -0.570. The van der Waals surface area contributed by atoms with Crippen LogP contribution >= 0.6 is 0 Å². The summed E-state index contributed by atoms with van der Waals surface area (Å²) in [6.45, 7) is 0.111. The zero-order chi connectivity index (χ0) is 17.5. The first-order chi connectivity index (χ1) is 11.5. The molecule has 0 aliphatic carbocycles. The normalized spacial score (nSPS) is 10.0. The van der Waals surface area contributed by atoms with Crippen molar-refractivity contribution in [2.24, 2.45) is 0 Å². The Hall–Kier alpha value is -3.36. The Balaban J connectivity index is 1.94. The van der Waals surface area contributed by atoms with Gasteiger partial charge in [-0.2, -0.15) is 0 Å². The number of hydrogen-bond donors (Lipinski definition) is 0. The van der Waals surface area contributed by atoms with Crippen molar-refractivity contribution in [1.29, 1.82) is 0 Å². The second-order valence-corrected chi connectivity index (χ2v) is 4.54. The van der Waals surface area contributed by atoms with Crippen LogP contribution in [0.4, 0.5) is 11.4 Å². The monoisotopic (exact) mass is 334 g/mol. The second kappa shape index (κ2) is 7.77. The van der Waals surface area contributed by atoms with Crippen LogP contribution in [0.2, 0.25) is 0 Å². The van der Waals surface area contributed by atoms with Crippen LogP contribution in [0.1, 0.15) is 0 Å². The van der Waals surface area contributed by atoms with Crippen LogP contribution in [0.25, 0.3) is 0 Å². The molecule has 0 radical (unpaired) electrons. The lowest BCUT2D eigenvalue weighted by atomic mass is 10.3. The van der Waals surface area contributed by atoms with Gasteiger partial charge >= 0.3 is 5.69 Å². The van der Waals surface area contributed by atoms with Crippen molar-refractivity contribution >= 4 is 11.4 Å². The van der Waals surface area contributed by atoms with E-state index in [1.54, 1.807) is 12.1 Å². The highest BCUT2D eigenvalue weighted by atomic mass is 16.6. The summed E-state index contributed by atoms with van der Waals surface area (Å²) >= 11 is 0. The van der Waals surface area contributed by atoms with Crippen molar-refractivity contribution < 1.29 is 24.1 Å². The highest BCUT2D eigenvalue weighted by Gasteiger charge is 2.16. The van der Waals surface area contributed by atoms with Gasteiger partial charge in [-0.3, -0.25) is 20.2 Å². The molecule has 2 aromatic rings. The van der Waals surface area contributed by atoms with Crippen molar-refractivity contribution in [2.45, 2.75) is 0 Å². The maximum Gasteiger partial charge on any atom is 0.314 e. The third-order valence-electron chi connectivity index (χ3n) is 3.00. The molecular weight excluding hydrogens is 320 g/mol. The number of nitro groups is 2. The van der Waals surface area contributed by atoms with Crippen LogP contribution < -0.4 is 14.2 Å². The van der Waals surface area contributed by atoms with E-state index in [0.717, 1.165) is 0 Å². The zero-order valence-corrected chi connectivity index (χ0v) is 12.7. The molecule has 0 N–H and O–H groups in total. The van der Waals surface area contributed by atoms with E-state index >= 15 is 0 Å². The number of rotatable bonds is 8. The van der Waals surface area contributed by atoms with Gasteiger partial charge in [0.15, 0.2) is 5.75 Å². The molecule has 9 nitrogen and oxygen atoms in total. The number of methoxy groups -OCH3 is 1. The third kappa shape index (κ3) is 4.32. The predicted molar refractivity (Wildman–Crippen MR) is 83.7 cm³/mol. The van der Waals surface area contributed by atoms with Crippen LogP contribution in [0.15, 0.2) is 42.5 Å². The number of nitrogens with zero attached hydrogens (tertiary/aromatic N) is 2. The Bertz CT molecular complexity index is 748. The van der Waals surface area contributed by atoms with Crippen molar-refractivity contribution in [2.75, 3.05) is 20.3 Å². The van der Waals surface area contributed by atoms with Crippen LogP contribution in [-0.2, 0) is 0 Å².